The van der Waals surface area contributed by atoms with E-state index >= 15 is 0 Å². The van der Waals surface area contributed by atoms with Crippen LogP contribution in [0.1, 0.15) is 77.0 Å². The predicted molar refractivity (Wildman–Crippen MR) is 97.6 cm³/mol. The number of hydrogen-bond donors (Lipinski definition) is 2. The molecule has 2 N–H and O–H groups in total. The first-order valence-electron chi connectivity index (χ1n) is 9.63. The fourth-order valence-corrected chi connectivity index (χ4v) is 3.39. The molecule has 2 aliphatic rings. The molecular formula is C20H32N2O2. The van der Waals surface area contributed by atoms with Crippen LogP contribution in [0.15, 0.2) is 23.3 Å². The third-order valence-corrected chi connectivity index (χ3v) is 4.89. The van der Waals surface area contributed by atoms with Crippen LogP contribution in [-0.2, 0) is 9.59 Å². The Bertz CT molecular complexity index is 436. The number of hydrogen-bond acceptors (Lipinski definition) is 2. The summed E-state index contributed by atoms with van der Waals surface area (Å²) in [6, 6.07) is 0. The molecule has 4 heteroatoms. The molecule has 0 unspecified atom stereocenters. The summed E-state index contributed by atoms with van der Waals surface area (Å²) in [5.41, 5.74) is 2.94. The molecule has 0 bridgehead atoms. The lowest BCUT2D eigenvalue weighted by Crippen LogP contribution is -2.29. The summed E-state index contributed by atoms with van der Waals surface area (Å²) in [5.74, 6) is -0.0342. The maximum absolute atomic E-state index is 11.8. The van der Waals surface area contributed by atoms with Crippen molar-refractivity contribution in [2.75, 3.05) is 13.1 Å². The normalized spacial score (nSPS) is 17.7. The number of carbonyl (C=O) groups excluding carboxylic acids is 2. The van der Waals surface area contributed by atoms with Crippen LogP contribution < -0.4 is 10.6 Å². The van der Waals surface area contributed by atoms with Gasteiger partial charge in [0.25, 0.3) is 0 Å². The van der Waals surface area contributed by atoms with Crippen molar-refractivity contribution in [3.05, 3.63) is 23.3 Å². The van der Waals surface area contributed by atoms with Crippen LogP contribution in [-0.4, -0.2) is 24.9 Å². The van der Waals surface area contributed by atoms with Gasteiger partial charge < -0.3 is 10.6 Å². The molecule has 134 valence electrons. The highest BCUT2D eigenvalue weighted by Crippen LogP contribution is 2.20. The molecule has 24 heavy (non-hydrogen) atoms. The SMILES string of the molecule is O=C(CCC(=O)NCCC1=CCCCC1)NCCC1=CCCCC1. The summed E-state index contributed by atoms with van der Waals surface area (Å²) in [5, 5.41) is 5.85. The number of allylic oxidation sites excluding steroid dienone is 2. The van der Waals surface area contributed by atoms with E-state index in [0.29, 0.717) is 13.1 Å². The zero-order chi connectivity index (χ0) is 17.0. The van der Waals surface area contributed by atoms with Crippen LogP contribution in [0, 0.1) is 0 Å². The van der Waals surface area contributed by atoms with Gasteiger partial charge in [-0.15, -0.1) is 0 Å². The molecule has 4 nitrogen and oxygen atoms in total. The highest BCUT2D eigenvalue weighted by atomic mass is 16.2. The molecule has 0 atom stereocenters. The maximum atomic E-state index is 11.8. The van der Waals surface area contributed by atoms with Gasteiger partial charge in [0.1, 0.15) is 0 Å². The largest absolute Gasteiger partial charge is 0.356 e. The summed E-state index contributed by atoms with van der Waals surface area (Å²) in [4.78, 5) is 23.6. The lowest BCUT2D eigenvalue weighted by Gasteiger charge is -2.13. The summed E-state index contributed by atoms with van der Waals surface area (Å²) in [6.45, 7) is 1.39. The topological polar surface area (TPSA) is 58.2 Å². The van der Waals surface area contributed by atoms with Crippen molar-refractivity contribution in [1.29, 1.82) is 0 Å². The van der Waals surface area contributed by atoms with Gasteiger partial charge in [-0.1, -0.05) is 23.3 Å². The van der Waals surface area contributed by atoms with Gasteiger partial charge in [0, 0.05) is 25.9 Å². The van der Waals surface area contributed by atoms with Crippen LogP contribution in [0.5, 0.6) is 0 Å². The van der Waals surface area contributed by atoms with E-state index in [0.717, 1.165) is 12.8 Å². The average Bonchev–Trinajstić information content (AvgIpc) is 2.62. The van der Waals surface area contributed by atoms with Crippen LogP contribution in [0.4, 0.5) is 0 Å². The van der Waals surface area contributed by atoms with Gasteiger partial charge in [0.15, 0.2) is 0 Å². The fourth-order valence-electron chi connectivity index (χ4n) is 3.39. The van der Waals surface area contributed by atoms with Crippen molar-refractivity contribution in [2.45, 2.75) is 77.0 Å². The predicted octanol–water partition coefficient (Wildman–Crippen LogP) is 3.78. The number of rotatable bonds is 9. The van der Waals surface area contributed by atoms with E-state index in [9.17, 15) is 9.59 Å². The minimum atomic E-state index is -0.0171. The highest BCUT2D eigenvalue weighted by molar-refractivity contribution is 5.83. The summed E-state index contributed by atoms with van der Waals surface area (Å²) < 4.78 is 0. The second kappa shape index (κ2) is 11.1. The van der Waals surface area contributed by atoms with E-state index in [2.05, 4.69) is 22.8 Å². The number of carbonyl (C=O) groups is 2. The average molecular weight is 332 g/mol. The van der Waals surface area contributed by atoms with E-state index in [-0.39, 0.29) is 24.7 Å². The summed E-state index contributed by atoms with van der Waals surface area (Å²) in [7, 11) is 0. The zero-order valence-corrected chi connectivity index (χ0v) is 14.9. The van der Waals surface area contributed by atoms with Crippen molar-refractivity contribution in [2.24, 2.45) is 0 Å². The summed E-state index contributed by atoms with van der Waals surface area (Å²) in [6.07, 6.45) is 16.9. The van der Waals surface area contributed by atoms with Crippen molar-refractivity contribution < 1.29 is 9.59 Å². The number of nitrogens with one attached hydrogen (secondary N) is 2. The van der Waals surface area contributed by atoms with E-state index in [1.54, 1.807) is 0 Å². The standard InChI is InChI=1S/C20H32N2O2/c23-19(21-15-13-17-7-3-1-4-8-17)11-12-20(24)22-16-14-18-9-5-2-6-10-18/h7,9H,1-6,8,10-16H2,(H,21,23)(H,22,24). The Hall–Kier alpha value is -1.58. The molecule has 0 aromatic rings. The van der Waals surface area contributed by atoms with Crippen molar-refractivity contribution in [3.63, 3.8) is 0 Å². The van der Waals surface area contributed by atoms with Gasteiger partial charge in [-0.3, -0.25) is 9.59 Å². The van der Waals surface area contributed by atoms with Crippen LogP contribution in [0.25, 0.3) is 0 Å². The Kier molecular flexibility index (Phi) is 8.64. The van der Waals surface area contributed by atoms with Gasteiger partial charge in [-0.05, 0) is 64.2 Å². The number of amides is 2. The van der Waals surface area contributed by atoms with Crippen molar-refractivity contribution in [3.8, 4) is 0 Å². The molecular weight excluding hydrogens is 300 g/mol. The van der Waals surface area contributed by atoms with Gasteiger partial charge in [0.05, 0.1) is 0 Å². The van der Waals surface area contributed by atoms with Crippen molar-refractivity contribution in [1.82, 2.24) is 10.6 Å². The lowest BCUT2D eigenvalue weighted by molar-refractivity contribution is -0.126. The van der Waals surface area contributed by atoms with Gasteiger partial charge >= 0.3 is 0 Å². The quantitative estimate of drug-likeness (QED) is 0.631. The Labute approximate surface area is 146 Å². The minimum absolute atomic E-state index is 0.0171. The minimum Gasteiger partial charge on any atom is -0.356 e. The molecule has 0 heterocycles. The Morgan fingerprint density at radius 2 is 1.21 bits per heavy atom. The molecule has 0 aromatic carbocycles. The molecule has 2 rings (SSSR count). The molecule has 2 aliphatic carbocycles. The Morgan fingerprint density at radius 1 is 0.750 bits per heavy atom. The Balaban J connectivity index is 1.48. The van der Waals surface area contributed by atoms with Crippen LogP contribution in [0.2, 0.25) is 0 Å². The van der Waals surface area contributed by atoms with E-state index in [4.69, 9.17) is 0 Å². The first-order valence-corrected chi connectivity index (χ1v) is 9.63. The van der Waals surface area contributed by atoms with E-state index in [1.165, 1.54) is 62.5 Å². The third kappa shape index (κ3) is 7.80. The first-order chi connectivity index (χ1) is 11.7. The zero-order valence-electron chi connectivity index (χ0n) is 14.9. The van der Waals surface area contributed by atoms with Crippen molar-refractivity contribution >= 4 is 11.8 Å². The second-order valence-corrected chi connectivity index (χ2v) is 6.92. The molecule has 0 aliphatic heterocycles. The Morgan fingerprint density at radius 3 is 1.58 bits per heavy atom. The summed E-state index contributed by atoms with van der Waals surface area (Å²) >= 11 is 0. The maximum Gasteiger partial charge on any atom is 0.220 e. The molecule has 0 aromatic heterocycles. The van der Waals surface area contributed by atoms with E-state index < -0.39 is 0 Å². The monoisotopic (exact) mass is 332 g/mol. The van der Waals surface area contributed by atoms with Crippen LogP contribution >= 0.6 is 0 Å². The second-order valence-electron chi connectivity index (χ2n) is 6.92. The van der Waals surface area contributed by atoms with Gasteiger partial charge in [0.2, 0.25) is 11.8 Å². The van der Waals surface area contributed by atoms with Gasteiger partial charge in [-0.25, -0.2) is 0 Å². The van der Waals surface area contributed by atoms with Crippen LogP contribution in [0.3, 0.4) is 0 Å². The lowest BCUT2D eigenvalue weighted by atomic mass is 9.97. The molecule has 2 amide bonds. The first kappa shape index (κ1) is 18.8. The molecule has 0 saturated carbocycles. The fraction of sp³-hybridized carbons (Fsp3) is 0.700. The molecule has 0 fully saturated rings. The highest BCUT2D eigenvalue weighted by Gasteiger charge is 2.09. The third-order valence-electron chi connectivity index (χ3n) is 4.89. The molecule has 0 radical (unpaired) electrons. The van der Waals surface area contributed by atoms with E-state index in [1.807, 2.05) is 0 Å². The molecule has 0 spiro atoms. The smallest absolute Gasteiger partial charge is 0.220 e. The van der Waals surface area contributed by atoms with Gasteiger partial charge in [-0.2, -0.15) is 0 Å². The molecule has 0 saturated heterocycles.